The number of para-hydroxylation sites is 1. The molecule has 1 aromatic rings. The number of aliphatic hydroxyl groups is 1. The second kappa shape index (κ2) is 5.68. The summed E-state index contributed by atoms with van der Waals surface area (Å²) in [5, 5.41) is 9.47. The van der Waals surface area contributed by atoms with Crippen molar-refractivity contribution in [2.75, 3.05) is 24.6 Å². The van der Waals surface area contributed by atoms with Crippen LogP contribution in [0.1, 0.15) is 0 Å². The van der Waals surface area contributed by atoms with E-state index in [4.69, 9.17) is 16.7 Å². The van der Waals surface area contributed by atoms with Gasteiger partial charge in [0.25, 0.3) is 0 Å². The number of aliphatic hydroxyl groups excluding tert-OH is 1. The van der Waals surface area contributed by atoms with Crippen LogP contribution in [0.5, 0.6) is 0 Å². The lowest BCUT2D eigenvalue weighted by Gasteiger charge is -2.23. The summed E-state index contributed by atoms with van der Waals surface area (Å²) in [6, 6.07) is 9.83. The van der Waals surface area contributed by atoms with E-state index in [1.807, 2.05) is 35.2 Å². The molecule has 3 heteroatoms. The summed E-state index contributed by atoms with van der Waals surface area (Å²) in [7, 11) is 0. The Morgan fingerprint density at radius 3 is 2.50 bits per heavy atom. The highest BCUT2D eigenvalue weighted by atomic mass is 35.5. The van der Waals surface area contributed by atoms with Crippen LogP contribution in [-0.2, 0) is 0 Å². The number of nitrogens with zero attached hydrogens (tertiary/aromatic N) is 1. The molecule has 0 aromatic heterocycles. The van der Waals surface area contributed by atoms with Crippen molar-refractivity contribution in [1.82, 2.24) is 0 Å². The summed E-state index contributed by atoms with van der Waals surface area (Å²) < 4.78 is 0. The van der Waals surface area contributed by atoms with Gasteiger partial charge in [-0.05, 0) is 12.1 Å². The Bertz CT molecular complexity index is 287. The molecule has 0 amide bonds. The molecule has 0 heterocycles. The first-order chi connectivity index (χ1) is 6.74. The van der Waals surface area contributed by atoms with E-state index in [0.717, 1.165) is 5.69 Å². The van der Waals surface area contributed by atoms with Crippen LogP contribution in [-0.4, -0.2) is 24.8 Å². The monoisotopic (exact) mass is 211 g/mol. The average molecular weight is 212 g/mol. The number of anilines is 1. The van der Waals surface area contributed by atoms with Crippen LogP contribution in [0, 0.1) is 0 Å². The zero-order valence-corrected chi connectivity index (χ0v) is 8.74. The Morgan fingerprint density at radius 1 is 1.36 bits per heavy atom. The first kappa shape index (κ1) is 11.1. The molecule has 0 unspecified atom stereocenters. The van der Waals surface area contributed by atoms with Crippen molar-refractivity contribution in [3.05, 3.63) is 41.9 Å². The van der Waals surface area contributed by atoms with E-state index < -0.39 is 0 Å². The zero-order chi connectivity index (χ0) is 10.4. The lowest BCUT2D eigenvalue weighted by Crippen LogP contribution is -2.27. The van der Waals surface area contributed by atoms with Crippen molar-refractivity contribution in [3.8, 4) is 0 Å². The smallest absolute Gasteiger partial charge is 0.0606 e. The van der Waals surface area contributed by atoms with E-state index in [2.05, 4.69) is 6.58 Å². The van der Waals surface area contributed by atoms with Crippen molar-refractivity contribution in [2.24, 2.45) is 0 Å². The molecule has 0 saturated heterocycles. The second-order valence-corrected chi connectivity index (χ2v) is 3.53. The molecule has 0 aliphatic heterocycles. The summed E-state index contributed by atoms with van der Waals surface area (Å²) in [5.74, 6) is 0. The van der Waals surface area contributed by atoms with Crippen LogP contribution >= 0.6 is 11.6 Å². The third kappa shape index (κ3) is 3.40. The normalized spacial score (nSPS) is 9.86. The van der Waals surface area contributed by atoms with E-state index in [1.54, 1.807) is 0 Å². The molecule has 14 heavy (non-hydrogen) atoms. The molecule has 0 atom stereocenters. The van der Waals surface area contributed by atoms with E-state index in [1.165, 1.54) is 0 Å². The van der Waals surface area contributed by atoms with E-state index >= 15 is 0 Å². The van der Waals surface area contributed by atoms with Crippen LogP contribution in [0.2, 0.25) is 0 Å². The molecule has 0 radical (unpaired) electrons. The summed E-state index contributed by atoms with van der Waals surface area (Å²) in [4.78, 5) is 1.98. The van der Waals surface area contributed by atoms with Gasteiger partial charge in [0.2, 0.25) is 0 Å². The summed E-state index contributed by atoms with van der Waals surface area (Å²) in [6.45, 7) is 4.88. The third-order valence-electron chi connectivity index (χ3n) is 1.85. The molecule has 0 spiro atoms. The Morgan fingerprint density at radius 2 is 2.00 bits per heavy atom. The van der Waals surface area contributed by atoms with Crippen LogP contribution in [0.3, 0.4) is 0 Å². The van der Waals surface area contributed by atoms with Crippen LogP contribution in [0.4, 0.5) is 5.69 Å². The lowest BCUT2D eigenvalue weighted by atomic mass is 10.3. The van der Waals surface area contributed by atoms with E-state index in [0.29, 0.717) is 18.1 Å². The molecule has 2 nitrogen and oxygen atoms in total. The standard InChI is InChI=1S/C11H14ClNO/c1-10(12)9-13(7-8-14)11-5-3-2-4-6-11/h2-6,14H,1,7-9H2. The number of hydrogen-bond donors (Lipinski definition) is 1. The van der Waals surface area contributed by atoms with E-state index in [9.17, 15) is 0 Å². The Labute approximate surface area is 89.4 Å². The molecule has 1 N–H and O–H groups in total. The van der Waals surface area contributed by atoms with Crippen LogP contribution in [0.25, 0.3) is 0 Å². The fourth-order valence-corrected chi connectivity index (χ4v) is 1.41. The Kier molecular flexibility index (Phi) is 4.50. The number of hydrogen-bond acceptors (Lipinski definition) is 2. The van der Waals surface area contributed by atoms with Crippen molar-refractivity contribution in [1.29, 1.82) is 0 Å². The molecule has 0 aliphatic carbocycles. The van der Waals surface area contributed by atoms with Gasteiger partial charge in [-0.3, -0.25) is 0 Å². The van der Waals surface area contributed by atoms with Crippen molar-refractivity contribution in [3.63, 3.8) is 0 Å². The predicted molar refractivity (Wildman–Crippen MR) is 60.7 cm³/mol. The van der Waals surface area contributed by atoms with Gasteiger partial charge in [0.1, 0.15) is 0 Å². The quantitative estimate of drug-likeness (QED) is 0.808. The predicted octanol–water partition coefficient (Wildman–Crippen LogP) is 2.24. The van der Waals surface area contributed by atoms with Crippen LogP contribution in [0.15, 0.2) is 41.9 Å². The molecule has 1 aromatic carbocycles. The van der Waals surface area contributed by atoms with Gasteiger partial charge in [-0.25, -0.2) is 0 Å². The Balaban J connectivity index is 2.72. The minimum absolute atomic E-state index is 0.110. The maximum Gasteiger partial charge on any atom is 0.0606 e. The van der Waals surface area contributed by atoms with Gasteiger partial charge in [-0.2, -0.15) is 0 Å². The number of benzene rings is 1. The van der Waals surface area contributed by atoms with Gasteiger partial charge in [-0.1, -0.05) is 36.4 Å². The van der Waals surface area contributed by atoms with Gasteiger partial charge in [0.05, 0.1) is 13.2 Å². The fraction of sp³-hybridized carbons (Fsp3) is 0.273. The molecule has 0 aliphatic rings. The molecular formula is C11H14ClNO. The molecule has 0 fully saturated rings. The van der Waals surface area contributed by atoms with Crippen molar-refractivity contribution >= 4 is 17.3 Å². The third-order valence-corrected chi connectivity index (χ3v) is 1.97. The molecule has 0 bridgehead atoms. The van der Waals surface area contributed by atoms with Gasteiger partial charge in [-0.15, -0.1) is 0 Å². The SMILES string of the molecule is C=C(Cl)CN(CCO)c1ccccc1. The van der Waals surface area contributed by atoms with Crippen molar-refractivity contribution < 1.29 is 5.11 Å². The summed E-state index contributed by atoms with van der Waals surface area (Å²) in [6.07, 6.45) is 0. The first-order valence-corrected chi connectivity index (χ1v) is 4.86. The summed E-state index contributed by atoms with van der Waals surface area (Å²) >= 11 is 5.74. The first-order valence-electron chi connectivity index (χ1n) is 4.48. The molecular weight excluding hydrogens is 198 g/mol. The number of halogens is 1. The average Bonchev–Trinajstić information content (AvgIpc) is 2.18. The topological polar surface area (TPSA) is 23.5 Å². The Hall–Kier alpha value is -0.990. The van der Waals surface area contributed by atoms with E-state index in [-0.39, 0.29) is 6.61 Å². The van der Waals surface area contributed by atoms with Gasteiger partial charge in [0, 0.05) is 17.3 Å². The zero-order valence-electron chi connectivity index (χ0n) is 7.99. The highest BCUT2D eigenvalue weighted by molar-refractivity contribution is 6.29. The highest BCUT2D eigenvalue weighted by Gasteiger charge is 2.05. The minimum Gasteiger partial charge on any atom is -0.395 e. The van der Waals surface area contributed by atoms with Crippen LogP contribution < -0.4 is 4.90 Å². The highest BCUT2D eigenvalue weighted by Crippen LogP contribution is 2.14. The van der Waals surface area contributed by atoms with Gasteiger partial charge >= 0.3 is 0 Å². The van der Waals surface area contributed by atoms with Gasteiger partial charge < -0.3 is 10.0 Å². The fourth-order valence-electron chi connectivity index (χ4n) is 1.27. The molecule has 76 valence electrons. The maximum absolute atomic E-state index is 8.90. The lowest BCUT2D eigenvalue weighted by molar-refractivity contribution is 0.303. The summed E-state index contributed by atoms with van der Waals surface area (Å²) in [5.41, 5.74) is 1.04. The maximum atomic E-state index is 8.90. The number of rotatable bonds is 5. The largest absolute Gasteiger partial charge is 0.395 e. The minimum atomic E-state index is 0.110. The second-order valence-electron chi connectivity index (χ2n) is 3.00. The van der Waals surface area contributed by atoms with Gasteiger partial charge in [0.15, 0.2) is 0 Å². The molecule has 0 saturated carbocycles. The molecule has 1 rings (SSSR count). The van der Waals surface area contributed by atoms with Crippen molar-refractivity contribution in [2.45, 2.75) is 0 Å².